The van der Waals surface area contributed by atoms with Crippen molar-refractivity contribution >= 4 is 17.5 Å². The summed E-state index contributed by atoms with van der Waals surface area (Å²) in [7, 11) is 0. The summed E-state index contributed by atoms with van der Waals surface area (Å²) in [5.41, 5.74) is -0.179. The summed E-state index contributed by atoms with van der Waals surface area (Å²) in [4.78, 5) is 11.1. The Labute approximate surface area is 104 Å². The first kappa shape index (κ1) is 16.5. The summed E-state index contributed by atoms with van der Waals surface area (Å²) in [5, 5.41) is 2.50. The van der Waals surface area contributed by atoms with Gasteiger partial charge in [0.05, 0.1) is 0 Å². The molecule has 0 heterocycles. The Balaban J connectivity index is 3.73. The highest BCUT2D eigenvalue weighted by Gasteiger charge is 2.27. The Hall–Kier alpha value is -0.490. The monoisotopic (exact) mass is 275 g/mol. The molecule has 0 aromatic heterocycles. The van der Waals surface area contributed by atoms with E-state index in [1.165, 1.54) is 0 Å². The van der Waals surface area contributed by atoms with E-state index in [2.05, 4.69) is 10.1 Å². The van der Waals surface area contributed by atoms with Crippen LogP contribution in [-0.2, 0) is 9.53 Å². The Bertz CT molecular complexity index is 244. The van der Waals surface area contributed by atoms with Crippen molar-refractivity contribution in [3.63, 3.8) is 0 Å². The zero-order valence-electron chi connectivity index (χ0n) is 9.86. The van der Waals surface area contributed by atoms with Crippen molar-refractivity contribution in [2.24, 2.45) is 5.41 Å². The van der Waals surface area contributed by atoms with Gasteiger partial charge in [0.1, 0.15) is 13.2 Å². The van der Waals surface area contributed by atoms with Gasteiger partial charge in [-0.05, 0) is 11.8 Å². The number of nitrogens with one attached hydrogen (secondary N) is 1. The quantitative estimate of drug-likeness (QED) is 0.724. The lowest BCUT2D eigenvalue weighted by Gasteiger charge is -2.23. The number of hydrogen-bond acceptors (Lipinski definition) is 2. The molecule has 0 spiro atoms. The molecule has 0 saturated heterocycles. The Morgan fingerprint density at radius 1 is 1.35 bits per heavy atom. The number of ether oxygens (including phenoxy) is 1. The van der Waals surface area contributed by atoms with Gasteiger partial charge < -0.3 is 10.1 Å². The molecule has 102 valence electrons. The molecule has 0 bridgehead atoms. The SMILES string of the molecule is CC(C)(CCCl)CNC(=O)COCC(F)(F)F. The van der Waals surface area contributed by atoms with Gasteiger partial charge in [0, 0.05) is 12.4 Å². The molecule has 0 saturated carbocycles. The molecule has 17 heavy (non-hydrogen) atoms. The maximum absolute atomic E-state index is 11.7. The molecule has 0 aliphatic rings. The molecule has 3 nitrogen and oxygen atoms in total. The molecule has 0 atom stereocenters. The van der Waals surface area contributed by atoms with E-state index < -0.39 is 25.3 Å². The largest absolute Gasteiger partial charge is 0.411 e. The molecular formula is C10H17ClF3NO2. The van der Waals surface area contributed by atoms with Gasteiger partial charge in [-0.15, -0.1) is 11.6 Å². The molecule has 0 unspecified atom stereocenters. The summed E-state index contributed by atoms with van der Waals surface area (Å²) in [6.45, 7) is 2.17. The van der Waals surface area contributed by atoms with Crippen LogP contribution in [0.3, 0.4) is 0 Å². The molecule has 0 aromatic carbocycles. The van der Waals surface area contributed by atoms with Crippen molar-refractivity contribution in [2.75, 3.05) is 25.6 Å². The van der Waals surface area contributed by atoms with E-state index in [1.807, 2.05) is 13.8 Å². The fourth-order valence-corrected chi connectivity index (χ4v) is 1.50. The van der Waals surface area contributed by atoms with Gasteiger partial charge in [-0.2, -0.15) is 13.2 Å². The van der Waals surface area contributed by atoms with Crippen molar-refractivity contribution in [3.8, 4) is 0 Å². The normalized spacial score (nSPS) is 12.6. The van der Waals surface area contributed by atoms with Crippen LogP contribution in [0, 0.1) is 5.41 Å². The lowest BCUT2D eigenvalue weighted by Crippen LogP contribution is -2.37. The predicted molar refractivity (Wildman–Crippen MR) is 59.0 cm³/mol. The first-order valence-corrected chi connectivity index (χ1v) is 5.67. The van der Waals surface area contributed by atoms with Crippen molar-refractivity contribution in [3.05, 3.63) is 0 Å². The summed E-state index contributed by atoms with van der Waals surface area (Å²) < 4.78 is 39.4. The molecule has 0 aliphatic heterocycles. The van der Waals surface area contributed by atoms with Crippen molar-refractivity contribution in [2.45, 2.75) is 26.4 Å². The third-order valence-corrected chi connectivity index (χ3v) is 2.22. The van der Waals surface area contributed by atoms with Gasteiger partial charge in [-0.25, -0.2) is 0 Å². The smallest absolute Gasteiger partial charge is 0.362 e. The summed E-state index contributed by atoms with van der Waals surface area (Å²) in [6.07, 6.45) is -3.70. The van der Waals surface area contributed by atoms with E-state index >= 15 is 0 Å². The minimum Gasteiger partial charge on any atom is -0.362 e. The number of rotatable bonds is 7. The number of hydrogen-bond donors (Lipinski definition) is 1. The fourth-order valence-electron chi connectivity index (χ4n) is 0.993. The van der Waals surface area contributed by atoms with E-state index in [0.29, 0.717) is 18.8 Å². The van der Waals surface area contributed by atoms with Gasteiger partial charge >= 0.3 is 6.18 Å². The first-order valence-electron chi connectivity index (χ1n) is 5.13. The molecule has 1 amide bonds. The Morgan fingerprint density at radius 3 is 2.41 bits per heavy atom. The summed E-state index contributed by atoms with van der Waals surface area (Å²) in [5.74, 6) is -0.0927. The van der Waals surface area contributed by atoms with Gasteiger partial charge in [0.25, 0.3) is 0 Å². The van der Waals surface area contributed by atoms with E-state index in [0.717, 1.165) is 0 Å². The highest BCUT2D eigenvalue weighted by Crippen LogP contribution is 2.19. The maximum Gasteiger partial charge on any atom is 0.411 e. The number of amides is 1. The minimum atomic E-state index is -4.40. The van der Waals surface area contributed by atoms with Gasteiger partial charge in [-0.3, -0.25) is 4.79 Å². The number of halogens is 4. The molecule has 0 aromatic rings. The second-order valence-corrected chi connectivity index (χ2v) is 4.87. The topological polar surface area (TPSA) is 38.3 Å². The van der Waals surface area contributed by atoms with Gasteiger partial charge in [-0.1, -0.05) is 13.8 Å². The molecule has 0 radical (unpaired) electrons. The lowest BCUT2D eigenvalue weighted by molar-refractivity contribution is -0.175. The lowest BCUT2D eigenvalue weighted by atomic mass is 9.90. The zero-order valence-corrected chi connectivity index (χ0v) is 10.6. The van der Waals surface area contributed by atoms with Crippen LogP contribution in [0.4, 0.5) is 13.2 Å². The Morgan fingerprint density at radius 2 is 1.94 bits per heavy atom. The van der Waals surface area contributed by atoms with Gasteiger partial charge in [0.2, 0.25) is 5.91 Å². The molecule has 7 heteroatoms. The van der Waals surface area contributed by atoms with E-state index in [1.54, 1.807) is 0 Å². The predicted octanol–water partition coefficient (Wildman–Crippen LogP) is 2.34. The van der Waals surface area contributed by atoms with E-state index in [-0.39, 0.29) is 5.41 Å². The Kier molecular flexibility index (Phi) is 6.85. The summed E-state index contributed by atoms with van der Waals surface area (Å²) >= 11 is 5.57. The second-order valence-electron chi connectivity index (χ2n) is 4.49. The first-order chi connectivity index (χ1) is 7.66. The standard InChI is InChI=1S/C10H17ClF3NO2/c1-9(2,3-4-11)6-15-8(16)5-17-7-10(12,13)14/h3-7H2,1-2H3,(H,15,16). The van der Waals surface area contributed by atoms with Crippen molar-refractivity contribution < 1.29 is 22.7 Å². The average Bonchev–Trinajstić information content (AvgIpc) is 2.13. The third kappa shape index (κ3) is 10.4. The van der Waals surface area contributed by atoms with Crippen LogP contribution in [0.1, 0.15) is 20.3 Å². The van der Waals surface area contributed by atoms with Crippen LogP contribution in [0.15, 0.2) is 0 Å². The van der Waals surface area contributed by atoms with Crippen LogP contribution in [0.2, 0.25) is 0 Å². The zero-order chi connectivity index (χ0) is 13.5. The van der Waals surface area contributed by atoms with Crippen LogP contribution in [0.5, 0.6) is 0 Å². The molecule has 1 N–H and O–H groups in total. The number of carbonyl (C=O) groups excluding carboxylic acids is 1. The summed E-state index contributed by atoms with van der Waals surface area (Å²) in [6, 6.07) is 0. The second kappa shape index (κ2) is 7.06. The molecule has 0 fully saturated rings. The fraction of sp³-hybridized carbons (Fsp3) is 0.900. The maximum atomic E-state index is 11.7. The molecule has 0 rings (SSSR count). The minimum absolute atomic E-state index is 0.179. The van der Waals surface area contributed by atoms with E-state index in [4.69, 9.17) is 11.6 Å². The average molecular weight is 276 g/mol. The van der Waals surface area contributed by atoms with Crippen molar-refractivity contribution in [1.82, 2.24) is 5.32 Å². The molecular weight excluding hydrogens is 259 g/mol. The number of alkyl halides is 4. The molecule has 0 aliphatic carbocycles. The van der Waals surface area contributed by atoms with Crippen LogP contribution in [0.25, 0.3) is 0 Å². The van der Waals surface area contributed by atoms with Crippen LogP contribution < -0.4 is 5.32 Å². The van der Waals surface area contributed by atoms with Gasteiger partial charge in [0.15, 0.2) is 0 Å². The highest BCUT2D eigenvalue weighted by atomic mass is 35.5. The van der Waals surface area contributed by atoms with Crippen LogP contribution >= 0.6 is 11.6 Å². The number of carbonyl (C=O) groups is 1. The third-order valence-electron chi connectivity index (χ3n) is 2.03. The van der Waals surface area contributed by atoms with E-state index in [9.17, 15) is 18.0 Å². The highest BCUT2D eigenvalue weighted by molar-refractivity contribution is 6.17. The van der Waals surface area contributed by atoms with Crippen LogP contribution in [-0.4, -0.2) is 37.7 Å². The van der Waals surface area contributed by atoms with Crippen molar-refractivity contribution in [1.29, 1.82) is 0 Å².